The smallest absolute Gasteiger partial charge is 0.221 e. The van der Waals surface area contributed by atoms with Crippen molar-refractivity contribution in [3.05, 3.63) is 54.3 Å². The predicted octanol–water partition coefficient (Wildman–Crippen LogP) is 4.55. The minimum absolute atomic E-state index is 0.121. The topological polar surface area (TPSA) is 76.1 Å². The van der Waals surface area contributed by atoms with Crippen LogP contribution in [0, 0.1) is 5.82 Å². The van der Waals surface area contributed by atoms with Gasteiger partial charge in [0, 0.05) is 24.1 Å². The Kier molecular flexibility index (Phi) is 6.61. The summed E-state index contributed by atoms with van der Waals surface area (Å²) in [5, 5.41) is 14.8. The Hall–Kier alpha value is -2.65. The summed E-state index contributed by atoms with van der Waals surface area (Å²) in [6.45, 7) is 1.95. The standard InChI is InChI=1S/C18H17FN4O2S2/c1-12(24)20-14-3-2-4-15(11-14)21-17-22-23-18(27-17)26-10-9-25-16-7-5-13(19)6-8-16/h2-8,11H,9-10H2,1H3,(H,20,24)(H,21,22). The Bertz CT molecular complexity index is 902. The molecule has 0 saturated carbocycles. The second-order valence-corrected chi connectivity index (χ2v) is 7.73. The van der Waals surface area contributed by atoms with Crippen molar-refractivity contribution in [2.24, 2.45) is 0 Å². The van der Waals surface area contributed by atoms with Gasteiger partial charge in [0.2, 0.25) is 11.0 Å². The molecule has 27 heavy (non-hydrogen) atoms. The van der Waals surface area contributed by atoms with Crippen molar-refractivity contribution in [3.8, 4) is 5.75 Å². The zero-order valence-electron chi connectivity index (χ0n) is 14.4. The molecule has 140 valence electrons. The summed E-state index contributed by atoms with van der Waals surface area (Å²) in [5.74, 6) is 0.929. The van der Waals surface area contributed by atoms with Crippen LogP contribution in [0.15, 0.2) is 52.9 Å². The third-order valence-electron chi connectivity index (χ3n) is 3.23. The average molecular weight is 404 g/mol. The van der Waals surface area contributed by atoms with Gasteiger partial charge in [-0.05, 0) is 42.5 Å². The molecule has 2 N–H and O–H groups in total. The lowest BCUT2D eigenvalue weighted by Crippen LogP contribution is -2.05. The van der Waals surface area contributed by atoms with E-state index < -0.39 is 0 Å². The van der Waals surface area contributed by atoms with Crippen molar-refractivity contribution in [3.63, 3.8) is 0 Å². The number of hydrogen-bond acceptors (Lipinski definition) is 7. The van der Waals surface area contributed by atoms with Crippen molar-refractivity contribution in [2.45, 2.75) is 11.3 Å². The van der Waals surface area contributed by atoms with Gasteiger partial charge in [-0.25, -0.2) is 4.39 Å². The van der Waals surface area contributed by atoms with Crippen LogP contribution < -0.4 is 15.4 Å². The molecule has 3 aromatic rings. The number of carbonyl (C=O) groups excluding carboxylic acids is 1. The molecular formula is C18H17FN4O2S2. The van der Waals surface area contributed by atoms with Crippen LogP contribution in [0.5, 0.6) is 5.75 Å². The normalized spacial score (nSPS) is 10.4. The summed E-state index contributed by atoms with van der Waals surface area (Å²) in [4.78, 5) is 11.1. The number of carbonyl (C=O) groups is 1. The van der Waals surface area contributed by atoms with Crippen LogP contribution in [0.1, 0.15) is 6.92 Å². The fourth-order valence-electron chi connectivity index (χ4n) is 2.14. The van der Waals surface area contributed by atoms with Gasteiger partial charge in [-0.15, -0.1) is 10.2 Å². The SMILES string of the molecule is CC(=O)Nc1cccc(Nc2nnc(SCCOc3ccc(F)cc3)s2)c1. The number of hydrogen-bond donors (Lipinski definition) is 2. The van der Waals surface area contributed by atoms with Crippen LogP contribution >= 0.6 is 23.1 Å². The lowest BCUT2D eigenvalue weighted by atomic mass is 10.3. The first kappa shape index (κ1) is 19.1. The van der Waals surface area contributed by atoms with Crippen molar-refractivity contribution in [2.75, 3.05) is 23.0 Å². The summed E-state index contributed by atoms with van der Waals surface area (Å²) >= 11 is 2.97. The van der Waals surface area contributed by atoms with Gasteiger partial charge in [0.05, 0.1) is 6.61 Å². The molecule has 0 aliphatic carbocycles. The van der Waals surface area contributed by atoms with Crippen LogP contribution in [0.3, 0.4) is 0 Å². The Morgan fingerprint density at radius 1 is 1.19 bits per heavy atom. The van der Waals surface area contributed by atoms with Crippen LogP contribution in [-0.2, 0) is 4.79 Å². The molecule has 0 bridgehead atoms. The van der Waals surface area contributed by atoms with Gasteiger partial charge in [0.15, 0.2) is 4.34 Å². The minimum atomic E-state index is -0.284. The van der Waals surface area contributed by atoms with E-state index in [9.17, 15) is 9.18 Å². The lowest BCUT2D eigenvalue weighted by Gasteiger charge is -2.05. The Morgan fingerprint density at radius 2 is 1.96 bits per heavy atom. The molecule has 0 aliphatic rings. The molecule has 0 fully saturated rings. The highest BCUT2D eigenvalue weighted by molar-refractivity contribution is 8.01. The highest BCUT2D eigenvalue weighted by atomic mass is 32.2. The number of amides is 1. The fraction of sp³-hybridized carbons (Fsp3) is 0.167. The molecular weight excluding hydrogens is 387 g/mol. The molecule has 9 heteroatoms. The monoisotopic (exact) mass is 404 g/mol. The van der Waals surface area contributed by atoms with Gasteiger partial charge in [-0.1, -0.05) is 29.2 Å². The van der Waals surface area contributed by atoms with E-state index in [2.05, 4.69) is 20.8 Å². The van der Waals surface area contributed by atoms with Crippen LogP contribution in [0.4, 0.5) is 20.9 Å². The largest absolute Gasteiger partial charge is 0.493 e. The highest BCUT2D eigenvalue weighted by Gasteiger charge is 2.06. The number of halogens is 1. The lowest BCUT2D eigenvalue weighted by molar-refractivity contribution is -0.114. The van der Waals surface area contributed by atoms with E-state index in [0.29, 0.717) is 28.9 Å². The van der Waals surface area contributed by atoms with Crippen LogP contribution in [-0.4, -0.2) is 28.5 Å². The van der Waals surface area contributed by atoms with Gasteiger partial charge in [0.25, 0.3) is 0 Å². The summed E-state index contributed by atoms with van der Waals surface area (Å²) in [6.07, 6.45) is 0. The molecule has 1 aromatic heterocycles. The Labute approximate surface area is 164 Å². The first-order valence-electron chi connectivity index (χ1n) is 8.08. The quantitative estimate of drug-likeness (QED) is 0.424. The Morgan fingerprint density at radius 3 is 2.74 bits per heavy atom. The molecule has 6 nitrogen and oxygen atoms in total. The second-order valence-electron chi connectivity index (χ2n) is 5.41. The number of aromatic nitrogens is 2. The number of anilines is 3. The molecule has 0 atom stereocenters. The van der Waals surface area contributed by atoms with E-state index in [1.807, 2.05) is 24.3 Å². The molecule has 1 heterocycles. The maximum Gasteiger partial charge on any atom is 0.221 e. The molecule has 0 saturated heterocycles. The molecule has 0 radical (unpaired) electrons. The predicted molar refractivity (Wildman–Crippen MR) is 107 cm³/mol. The fourth-order valence-corrected chi connectivity index (χ4v) is 3.80. The summed E-state index contributed by atoms with van der Waals surface area (Å²) in [5.41, 5.74) is 1.53. The van der Waals surface area contributed by atoms with Gasteiger partial charge in [0.1, 0.15) is 11.6 Å². The van der Waals surface area contributed by atoms with Gasteiger partial charge in [-0.3, -0.25) is 4.79 Å². The van der Waals surface area contributed by atoms with E-state index in [0.717, 1.165) is 10.0 Å². The average Bonchev–Trinajstić information content (AvgIpc) is 3.07. The van der Waals surface area contributed by atoms with E-state index in [-0.39, 0.29) is 11.7 Å². The second kappa shape index (κ2) is 9.33. The zero-order chi connectivity index (χ0) is 19.1. The van der Waals surface area contributed by atoms with E-state index >= 15 is 0 Å². The van der Waals surface area contributed by atoms with Crippen molar-refractivity contribution in [1.82, 2.24) is 10.2 Å². The first-order chi connectivity index (χ1) is 13.1. The van der Waals surface area contributed by atoms with Crippen molar-refractivity contribution >= 4 is 45.5 Å². The van der Waals surface area contributed by atoms with E-state index in [1.54, 1.807) is 12.1 Å². The number of thioether (sulfide) groups is 1. The number of nitrogens with one attached hydrogen (secondary N) is 2. The molecule has 0 unspecified atom stereocenters. The summed E-state index contributed by atoms with van der Waals surface area (Å²) < 4.78 is 19.2. The summed E-state index contributed by atoms with van der Waals surface area (Å²) in [6, 6.07) is 13.3. The van der Waals surface area contributed by atoms with Crippen molar-refractivity contribution in [1.29, 1.82) is 0 Å². The first-order valence-corrected chi connectivity index (χ1v) is 9.88. The maximum atomic E-state index is 12.8. The zero-order valence-corrected chi connectivity index (χ0v) is 16.1. The third kappa shape index (κ3) is 6.22. The Balaban J connectivity index is 1.47. The van der Waals surface area contributed by atoms with Crippen LogP contribution in [0.25, 0.3) is 0 Å². The van der Waals surface area contributed by atoms with E-state index in [4.69, 9.17) is 4.74 Å². The molecule has 1 amide bonds. The molecule has 3 rings (SSSR count). The maximum absolute atomic E-state index is 12.8. The van der Waals surface area contributed by atoms with Gasteiger partial charge < -0.3 is 15.4 Å². The molecule has 0 spiro atoms. The van der Waals surface area contributed by atoms with Gasteiger partial charge >= 0.3 is 0 Å². The van der Waals surface area contributed by atoms with Crippen molar-refractivity contribution < 1.29 is 13.9 Å². The number of rotatable bonds is 8. The van der Waals surface area contributed by atoms with Gasteiger partial charge in [-0.2, -0.15) is 0 Å². The molecule has 2 aromatic carbocycles. The minimum Gasteiger partial charge on any atom is -0.493 e. The highest BCUT2D eigenvalue weighted by Crippen LogP contribution is 2.28. The number of benzene rings is 2. The number of ether oxygens (including phenoxy) is 1. The number of nitrogens with zero attached hydrogens (tertiary/aromatic N) is 2. The van der Waals surface area contributed by atoms with E-state index in [1.165, 1.54) is 42.2 Å². The molecule has 0 aliphatic heterocycles. The third-order valence-corrected chi connectivity index (χ3v) is 5.17. The van der Waals surface area contributed by atoms with Crippen LogP contribution in [0.2, 0.25) is 0 Å². The summed E-state index contributed by atoms with van der Waals surface area (Å²) in [7, 11) is 0.